The minimum absolute atomic E-state index is 0.00309. The number of nitrogens with zero attached hydrogens (tertiary/aromatic N) is 2. The molecule has 0 saturated carbocycles. The minimum Gasteiger partial charge on any atom is -0.409 e. The molecule has 0 spiro atoms. The first-order valence-corrected chi connectivity index (χ1v) is 4.03. The third-order valence-corrected chi connectivity index (χ3v) is 1.64. The molecule has 0 aliphatic heterocycles. The first-order valence-electron chi connectivity index (χ1n) is 4.03. The van der Waals surface area contributed by atoms with Gasteiger partial charge in [0.05, 0.1) is 4.92 Å². The molecular formula is C9H9N3O3. The van der Waals surface area contributed by atoms with Gasteiger partial charge in [-0.15, -0.1) is 0 Å². The summed E-state index contributed by atoms with van der Waals surface area (Å²) in [4.78, 5) is 9.96. The van der Waals surface area contributed by atoms with E-state index in [0.717, 1.165) is 0 Å². The van der Waals surface area contributed by atoms with E-state index < -0.39 is 4.92 Å². The first-order chi connectivity index (χ1) is 7.13. The number of rotatable bonds is 3. The predicted molar refractivity (Wildman–Crippen MR) is 55.5 cm³/mol. The number of nitro groups is 1. The Kier molecular flexibility index (Phi) is 3.39. The number of oxime groups is 1. The summed E-state index contributed by atoms with van der Waals surface area (Å²) >= 11 is 0. The van der Waals surface area contributed by atoms with Crippen molar-refractivity contribution in [2.45, 2.75) is 0 Å². The Morgan fingerprint density at radius 3 is 2.93 bits per heavy atom. The number of nitrogens with two attached hydrogens (primary N) is 1. The minimum atomic E-state index is -0.485. The third kappa shape index (κ3) is 3.11. The number of nitro benzene ring substituents is 1. The van der Waals surface area contributed by atoms with Crippen molar-refractivity contribution in [2.24, 2.45) is 10.9 Å². The van der Waals surface area contributed by atoms with Crippen molar-refractivity contribution in [2.75, 3.05) is 0 Å². The van der Waals surface area contributed by atoms with E-state index in [1.807, 2.05) is 0 Å². The summed E-state index contributed by atoms with van der Waals surface area (Å²) in [5.41, 5.74) is 5.80. The van der Waals surface area contributed by atoms with Crippen LogP contribution in [0.4, 0.5) is 5.69 Å². The largest absolute Gasteiger partial charge is 0.409 e. The molecule has 0 atom stereocenters. The van der Waals surface area contributed by atoms with Crippen LogP contribution >= 0.6 is 0 Å². The molecule has 0 aliphatic rings. The van der Waals surface area contributed by atoms with E-state index in [9.17, 15) is 10.1 Å². The van der Waals surface area contributed by atoms with E-state index >= 15 is 0 Å². The number of benzene rings is 1. The average Bonchev–Trinajstić information content (AvgIpc) is 2.26. The third-order valence-electron chi connectivity index (χ3n) is 1.64. The second-order valence-electron chi connectivity index (χ2n) is 2.71. The van der Waals surface area contributed by atoms with Gasteiger partial charge < -0.3 is 10.9 Å². The van der Waals surface area contributed by atoms with Gasteiger partial charge in [0.25, 0.3) is 5.69 Å². The van der Waals surface area contributed by atoms with Gasteiger partial charge in [-0.05, 0) is 11.6 Å². The topological polar surface area (TPSA) is 102 Å². The number of hydrogen-bond acceptors (Lipinski definition) is 4. The summed E-state index contributed by atoms with van der Waals surface area (Å²) in [6.45, 7) is 0. The normalized spacial score (nSPS) is 11.9. The molecule has 3 N–H and O–H groups in total. The summed E-state index contributed by atoms with van der Waals surface area (Å²) in [6, 6.07) is 6.01. The molecule has 1 rings (SSSR count). The molecule has 6 nitrogen and oxygen atoms in total. The fourth-order valence-corrected chi connectivity index (χ4v) is 0.957. The Morgan fingerprint density at radius 1 is 1.60 bits per heavy atom. The lowest BCUT2D eigenvalue weighted by Crippen LogP contribution is -2.06. The molecule has 0 unspecified atom stereocenters. The molecule has 78 valence electrons. The Labute approximate surface area is 85.5 Å². The van der Waals surface area contributed by atoms with Crippen LogP contribution in [0.15, 0.2) is 35.5 Å². The van der Waals surface area contributed by atoms with Crippen LogP contribution < -0.4 is 5.73 Å². The summed E-state index contributed by atoms with van der Waals surface area (Å²) in [5.74, 6) is -0.0680. The van der Waals surface area contributed by atoms with Gasteiger partial charge in [-0.2, -0.15) is 0 Å². The summed E-state index contributed by atoms with van der Waals surface area (Å²) in [7, 11) is 0. The Morgan fingerprint density at radius 2 is 2.33 bits per heavy atom. The number of amidine groups is 1. The second kappa shape index (κ2) is 4.75. The van der Waals surface area contributed by atoms with Gasteiger partial charge in [0, 0.05) is 12.1 Å². The monoisotopic (exact) mass is 207 g/mol. The van der Waals surface area contributed by atoms with Gasteiger partial charge in [0.2, 0.25) is 0 Å². The van der Waals surface area contributed by atoms with E-state index in [1.165, 1.54) is 24.3 Å². The van der Waals surface area contributed by atoms with Crippen molar-refractivity contribution in [3.63, 3.8) is 0 Å². The lowest BCUT2D eigenvalue weighted by Gasteiger charge is -1.93. The summed E-state index contributed by atoms with van der Waals surface area (Å²) in [5, 5.41) is 21.4. The maximum Gasteiger partial charge on any atom is 0.270 e. The van der Waals surface area contributed by atoms with Crippen LogP contribution in [-0.2, 0) is 0 Å². The van der Waals surface area contributed by atoms with Crippen molar-refractivity contribution < 1.29 is 10.1 Å². The van der Waals surface area contributed by atoms with Crippen LogP contribution in [0.3, 0.4) is 0 Å². The molecule has 1 aromatic carbocycles. The van der Waals surface area contributed by atoms with E-state index in [2.05, 4.69) is 5.16 Å². The standard InChI is InChI=1S/C9H9N3O3/c10-9(11-13)5-4-7-2-1-3-8(6-7)12(14)15/h1-6,13H,(H2,10,11). The SMILES string of the molecule is NC(C=Cc1cccc([N+](=O)[O-])c1)=NO. The molecule has 0 aliphatic carbocycles. The van der Waals surface area contributed by atoms with E-state index in [0.29, 0.717) is 5.56 Å². The van der Waals surface area contributed by atoms with Crippen molar-refractivity contribution in [3.05, 3.63) is 46.0 Å². The maximum absolute atomic E-state index is 10.4. The van der Waals surface area contributed by atoms with Crippen molar-refractivity contribution >= 4 is 17.6 Å². The molecule has 0 aromatic heterocycles. The van der Waals surface area contributed by atoms with Gasteiger partial charge >= 0.3 is 0 Å². The molecule has 1 aromatic rings. The van der Waals surface area contributed by atoms with Gasteiger partial charge in [0.1, 0.15) is 0 Å². The van der Waals surface area contributed by atoms with Gasteiger partial charge in [-0.25, -0.2) is 0 Å². The lowest BCUT2D eigenvalue weighted by molar-refractivity contribution is -0.384. The summed E-state index contributed by atoms with van der Waals surface area (Å²) < 4.78 is 0. The van der Waals surface area contributed by atoms with Crippen LogP contribution in [0, 0.1) is 10.1 Å². The maximum atomic E-state index is 10.4. The molecule has 15 heavy (non-hydrogen) atoms. The highest BCUT2D eigenvalue weighted by molar-refractivity contribution is 5.94. The average molecular weight is 207 g/mol. The zero-order valence-corrected chi connectivity index (χ0v) is 7.70. The first kappa shape index (κ1) is 10.7. The molecule has 0 amide bonds. The fraction of sp³-hybridized carbons (Fsp3) is 0. The van der Waals surface area contributed by atoms with Crippen LogP contribution in [0.5, 0.6) is 0 Å². The highest BCUT2D eigenvalue weighted by atomic mass is 16.6. The number of non-ortho nitro benzene ring substituents is 1. The van der Waals surface area contributed by atoms with E-state index in [1.54, 1.807) is 12.1 Å². The van der Waals surface area contributed by atoms with Crippen LogP contribution in [0.1, 0.15) is 5.56 Å². The molecule has 0 heterocycles. The smallest absolute Gasteiger partial charge is 0.270 e. The molecule has 0 bridgehead atoms. The van der Waals surface area contributed by atoms with Gasteiger partial charge in [0.15, 0.2) is 5.84 Å². The molecule has 0 radical (unpaired) electrons. The summed E-state index contributed by atoms with van der Waals surface area (Å²) in [6.07, 6.45) is 2.86. The van der Waals surface area contributed by atoms with Crippen LogP contribution in [0.2, 0.25) is 0 Å². The number of hydrogen-bond donors (Lipinski definition) is 2. The Bertz CT molecular complexity index is 426. The van der Waals surface area contributed by atoms with Crippen molar-refractivity contribution in [1.29, 1.82) is 0 Å². The molecule has 0 fully saturated rings. The second-order valence-corrected chi connectivity index (χ2v) is 2.71. The molecular weight excluding hydrogens is 198 g/mol. The Balaban J connectivity index is 2.92. The zero-order valence-electron chi connectivity index (χ0n) is 7.70. The van der Waals surface area contributed by atoms with E-state index in [-0.39, 0.29) is 11.5 Å². The van der Waals surface area contributed by atoms with E-state index in [4.69, 9.17) is 10.9 Å². The van der Waals surface area contributed by atoms with Crippen molar-refractivity contribution in [1.82, 2.24) is 0 Å². The predicted octanol–water partition coefficient (Wildman–Crippen LogP) is 1.35. The zero-order chi connectivity index (χ0) is 11.3. The van der Waals surface area contributed by atoms with Crippen molar-refractivity contribution in [3.8, 4) is 0 Å². The quantitative estimate of drug-likeness (QED) is 0.257. The van der Waals surface area contributed by atoms with Gasteiger partial charge in [-0.3, -0.25) is 10.1 Å². The fourth-order valence-electron chi connectivity index (χ4n) is 0.957. The highest BCUT2D eigenvalue weighted by Gasteiger charge is 2.03. The van der Waals surface area contributed by atoms with Crippen LogP contribution in [0.25, 0.3) is 6.08 Å². The van der Waals surface area contributed by atoms with Gasteiger partial charge in [-0.1, -0.05) is 23.4 Å². The molecule has 6 heteroatoms. The molecule has 0 saturated heterocycles. The lowest BCUT2D eigenvalue weighted by atomic mass is 10.2. The highest BCUT2D eigenvalue weighted by Crippen LogP contribution is 2.13. The Hall–Kier alpha value is -2.37. The van der Waals surface area contributed by atoms with Crippen LogP contribution in [-0.4, -0.2) is 16.0 Å².